The first-order valence-electron chi connectivity index (χ1n) is 8.91. The first kappa shape index (κ1) is 19.9. The Hall–Kier alpha value is -2.86. The summed E-state index contributed by atoms with van der Waals surface area (Å²) in [4.78, 5) is 25.9. The fourth-order valence-corrected chi connectivity index (χ4v) is 3.41. The molecule has 6 nitrogen and oxygen atoms in total. The number of likely N-dealkylation sites (N-methyl/N-ethyl adjacent to an activating group) is 1. The number of ether oxygens (including phenoxy) is 1. The molecule has 2 amide bonds. The predicted molar refractivity (Wildman–Crippen MR) is 108 cm³/mol. The molecule has 2 aromatic carbocycles. The Balaban J connectivity index is 1.99. The monoisotopic (exact) mass is 399 g/mol. The third kappa shape index (κ3) is 4.02. The van der Waals surface area contributed by atoms with Crippen LogP contribution >= 0.6 is 11.6 Å². The number of halogens is 1. The topological polar surface area (TPSA) is 62.2 Å². The summed E-state index contributed by atoms with van der Waals surface area (Å²) in [6.07, 6.45) is 0.500. The minimum atomic E-state index is -0.338. The lowest BCUT2D eigenvalue weighted by Gasteiger charge is -2.25. The Morgan fingerprint density at radius 2 is 1.89 bits per heavy atom. The van der Waals surface area contributed by atoms with Gasteiger partial charge in [0.25, 0.3) is 5.91 Å². The maximum atomic E-state index is 13.0. The van der Waals surface area contributed by atoms with Gasteiger partial charge in [-0.15, -0.1) is 0 Å². The zero-order chi connectivity index (χ0) is 20.3. The molecule has 7 heteroatoms. The molecular weight excluding hydrogens is 378 g/mol. The quantitative estimate of drug-likeness (QED) is 0.773. The van der Waals surface area contributed by atoms with Crippen molar-refractivity contribution in [3.05, 3.63) is 64.7 Å². The van der Waals surface area contributed by atoms with Crippen LogP contribution in [-0.2, 0) is 9.59 Å². The van der Waals surface area contributed by atoms with Crippen molar-refractivity contribution < 1.29 is 14.3 Å². The molecule has 1 unspecified atom stereocenters. The summed E-state index contributed by atoms with van der Waals surface area (Å²) in [5, 5.41) is 6.61. The smallest absolute Gasteiger partial charge is 0.262 e. The van der Waals surface area contributed by atoms with Crippen molar-refractivity contribution in [3.63, 3.8) is 0 Å². The molecule has 1 atom stereocenters. The van der Waals surface area contributed by atoms with Gasteiger partial charge in [0, 0.05) is 36.5 Å². The van der Waals surface area contributed by atoms with Crippen LogP contribution in [0.4, 0.5) is 0 Å². The number of carbonyl (C=O) groups is 2. The van der Waals surface area contributed by atoms with Crippen molar-refractivity contribution in [1.29, 1.82) is 0 Å². The number of benzene rings is 2. The van der Waals surface area contributed by atoms with Crippen molar-refractivity contribution in [2.75, 3.05) is 20.7 Å². The Morgan fingerprint density at radius 1 is 1.21 bits per heavy atom. The van der Waals surface area contributed by atoms with Crippen LogP contribution in [0.15, 0.2) is 53.6 Å². The van der Waals surface area contributed by atoms with E-state index in [1.165, 1.54) is 16.8 Å². The summed E-state index contributed by atoms with van der Waals surface area (Å²) in [6, 6.07) is 14.6. The van der Waals surface area contributed by atoms with E-state index >= 15 is 0 Å². The minimum absolute atomic E-state index is 0.0553. The first-order valence-corrected chi connectivity index (χ1v) is 9.29. The van der Waals surface area contributed by atoms with Gasteiger partial charge < -0.3 is 9.64 Å². The average molecular weight is 400 g/mol. The van der Waals surface area contributed by atoms with E-state index in [-0.39, 0.29) is 24.4 Å². The number of para-hydroxylation sites is 1. The number of amides is 2. The molecule has 1 aliphatic rings. The molecule has 0 saturated carbocycles. The van der Waals surface area contributed by atoms with Crippen LogP contribution in [0.5, 0.6) is 5.75 Å². The molecule has 2 aromatic rings. The Morgan fingerprint density at radius 3 is 2.57 bits per heavy atom. The zero-order valence-electron chi connectivity index (χ0n) is 16.1. The molecule has 0 bridgehead atoms. The molecule has 0 aliphatic carbocycles. The molecule has 146 valence electrons. The van der Waals surface area contributed by atoms with Crippen LogP contribution in [0.2, 0.25) is 5.02 Å². The van der Waals surface area contributed by atoms with E-state index < -0.39 is 0 Å². The average Bonchev–Trinajstić information content (AvgIpc) is 3.13. The highest BCUT2D eigenvalue weighted by molar-refractivity contribution is 6.34. The van der Waals surface area contributed by atoms with E-state index in [0.29, 0.717) is 17.2 Å². The largest absolute Gasteiger partial charge is 0.496 e. The lowest BCUT2D eigenvalue weighted by molar-refractivity contribution is -0.139. The van der Waals surface area contributed by atoms with Gasteiger partial charge in [-0.1, -0.05) is 48.0 Å². The number of rotatable bonds is 5. The summed E-state index contributed by atoms with van der Waals surface area (Å²) in [6.45, 7) is 1.37. The van der Waals surface area contributed by atoms with Gasteiger partial charge in [-0.05, 0) is 12.1 Å². The molecule has 0 spiro atoms. The fraction of sp³-hybridized carbons (Fsp3) is 0.286. The van der Waals surface area contributed by atoms with E-state index in [0.717, 1.165) is 16.8 Å². The van der Waals surface area contributed by atoms with Crippen molar-refractivity contribution >= 4 is 29.1 Å². The number of nitrogens with zero attached hydrogens (tertiary/aromatic N) is 3. The van der Waals surface area contributed by atoms with Gasteiger partial charge in [0.1, 0.15) is 12.3 Å². The fourth-order valence-electron chi connectivity index (χ4n) is 3.17. The Bertz CT molecular complexity index is 929. The van der Waals surface area contributed by atoms with Crippen LogP contribution < -0.4 is 4.74 Å². The number of hydrogen-bond donors (Lipinski definition) is 0. The molecule has 0 aromatic heterocycles. The normalized spacial score (nSPS) is 15.9. The van der Waals surface area contributed by atoms with E-state index in [9.17, 15) is 9.59 Å². The molecule has 0 N–H and O–H groups in total. The van der Waals surface area contributed by atoms with Crippen LogP contribution in [0.3, 0.4) is 0 Å². The highest BCUT2D eigenvalue weighted by Gasteiger charge is 2.35. The van der Waals surface area contributed by atoms with Gasteiger partial charge in [-0.2, -0.15) is 5.10 Å². The predicted octanol–water partition coefficient (Wildman–Crippen LogP) is 3.50. The highest BCUT2D eigenvalue weighted by atomic mass is 35.5. The van der Waals surface area contributed by atoms with Gasteiger partial charge >= 0.3 is 0 Å². The third-order valence-electron chi connectivity index (χ3n) is 4.76. The Labute approximate surface area is 169 Å². The maximum absolute atomic E-state index is 13.0. The summed E-state index contributed by atoms with van der Waals surface area (Å²) in [5.74, 6) is 0.230. The molecule has 0 saturated heterocycles. The molecule has 0 fully saturated rings. The lowest BCUT2D eigenvalue weighted by atomic mass is 9.97. The summed E-state index contributed by atoms with van der Waals surface area (Å²) in [7, 11) is 3.19. The van der Waals surface area contributed by atoms with E-state index in [1.54, 1.807) is 20.2 Å². The third-order valence-corrected chi connectivity index (χ3v) is 5.09. The molecule has 1 aliphatic heterocycles. The van der Waals surface area contributed by atoms with E-state index in [4.69, 9.17) is 16.3 Å². The number of hydrazone groups is 1. The van der Waals surface area contributed by atoms with Crippen molar-refractivity contribution in [1.82, 2.24) is 9.91 Å². The second kappa shape index (κ2) is 8.44. The van der Waals surface area contributed by atoms with Crippen LogP contribution in [0, 0.1) is 0 Å². The summed E-state index contributed by atoms with van der Waals surface area (Å²) < 4.78 is 5.49. The standard InChI is InChI=1S/C21H22ClN3O3/c1-14(26)24(2)13-21(27)25-19(16-9-5-7-11-20(16)28-3)12-18(23-25)15-8-4-6-10-17(15)22/h4-11,19H,12-13H2,1-3H3. The lowest BCUT2D eigenvalue weighted by Crippen LogP contribution is -2.38. The van der Waals surface area contributed by atoms with Crippen molar-refractivity contribution in [2.24, 2.45) is 5.10 Å². The number of hydrogen-bond acceptors (Lipinski definition) is 4. The summed E-state index contributed by atoms with van der Waals surface area (Å²) in [5.41, 5.74) is 2.37. The zero-order valence-corrected chi connectivity index (χ0v) is 16.8. The van der Waals surface area contributed by atoms with Gasteiger partial charge in [-0.25, -0.2) is 5.01 Å². The van der Waals surface area contributed by atoms with Crippen molar-refractivity contribution in [3.8, 4) is 5.75 Å². The van der Waals surface area contributed by atoms with Gasteiger partial charge in [0.2, 0.25) is 5.91 Å². The number of carbonyl (C=O) groups excluding carboxylic acids is 2. The van der Waals surface area contributed by atoms with Gasteiger partial charge in [0.05, 0.1) is 18.9 Å². The SMILES string of the molecule is COc1ccccc1C1CC(c2ccccc2Cl)=NN1C(=O)CN(C)C(C)=O. The highest BCUT2D eigenvalue weighted by Crippen LogP contribution is 2.38. The van der Waals surface area contributed by atoms with Gasteiger partial charge in [0.15, 0.2) is 0 Å². The molecule has 3 rings (SSSR count). The second-order valence-corrected chi connectivity index (χ2v) is 7.01. The first-order chi connectivity index (χ1) is 13.4. The maximum Gasteiger partial charge on any atom is 0.262 e. The number of methoxy groups -OCH3 is 1. The minimum Gasteiger partial charge on any atom is -0.496 e. The Kier molecular flexibility index (Phi) is 5.99. The van der Waals surface area contributed by atoms with Crippen molar-refractivity contribution in [2.45, 2.75) is 19.4 Å². The van der Waals surface area contributed by atoms with Crippen LogP contribution in [-0.4, -0.2) is 48.1 Å². The molecule has 1 heterocycles. The molecular formula is C21H22ClN3O3. The van der Waals surface area contributed by atoms with Crippen LogP contribution in [0.1, 0.15) is 30.5 Å². The van der Waals surface area contributed by atoms with E-state index in [2.05, 4.69) is 5.10 Å². The molecule has 28 heavy (non-hydrogen) atoms. The second-order valence-electron chi connectivity index (χ2n) is 6.60. The summed E-state index contributed by atoms with van der Waals surface area (Å²) >= 11 is 6.35. The molecule has 0 radical (unpaired) electrons. The van der Waals surface area contributed by atoms with Crippen LogP contribution in [0.25, 0.3) is 0 Å². The van der Waals surface area contributed by atoms with Gasteiger partial charge in [-0.3, -0.25) is 9.59 Å². The van der Waals surface area contributed by atoms with E-state index in [1.807, 2.05) is 42.5 Å².